The van der Waals surface area contributed by atoms with E-state index in [0.717, 1.165) is 0 Å². The quantitative estimate of drug-likeness (QED) is 0.632. The van der Waals surface area contributed by atoms with Gasteiger partial charge in [-0.2, -0.15) is 5.10 Å². The van der Waals surface area contributed by atoms with Gasteiger partial charge in [-0.15, -0.1) is 0 Å². The molecule has 0 bridgehead atoms. The summed E-state index contributed by atoms with van der Waals surface area (Å²) in [5.74, 6) is 0.190. The summed E-state index contributed by atoms with van der Waals surface area (Å²) in [4.78, 5) is 10.5. The number of nitro groups is 1. The van der Waals surface area contributed by atoms with Crippen molar-refractivity contribution in [1.29, 1.82) is 0 Å². The van der Waals surface area contributed by atoms with E-state index < -0.39 is 10.5 Å². The number of benzene rings is 1. The van der Waals surface area contributed by atoms with Crippen LogP contribution in [0.1, 0.15) is 13.8 Å². The molecule has 0 saturated carbocycles. The number of nitro benzene ring substituents is 1. The number of hydrogen-bond donors (Lipinski definition) is 2. The molecule has 18 heavy (non-hydrogen) atoms. The van der Waals surface area contributed by atoms with Crippen molar-refractivity contribution in [3.05, 3.63) is 28.4 Å². The van der Waals surface area contributed by atoms with Crippen LogP contribution in [-0.2, 0) is 0 Å². The molecule has 0 spiro atoms. The molecule has 96 valence electrons. The molecular weight excluding hydrogens is 236 g/mol. The molecule has 3 N–H and O–H groups in total. The van der Waals surface area contributed by atoms with Crippen LogP contribution in [0.5, 0.6) is 5.75 Å². The van der Waals surface area contributed by atoms with Crippen molar-refractivity contribution in [2.24, 2.45) is 5.73 Å². The molecule has 0 radical (unpaired) electrons. The van der Waals surface area contributed by atoms with Gasteiger partial charge in [-0.05, 0) is 13.8 Å². The van der Waals surface area contributed by atoms with Crippen molar-refractivity contribution in [1.82, 2.24) is 10.2 Å². The van der Waals surface area contributed by atoms with E-state index in [0.29, 0.717) is 10.9 Å². The second kappa shape index (κ2) is 4.26. The molecule has 7 nitrogen and oxygen atoms in total. The second-order valence-corrected chi connectivity index (χ2v) is 4.81. The smallest absolute Gasteiger partial charge is 0.311 e. The number of aromatic amines is 1. The summed E-state index contributed by atoms with van der Waals surface area (Å²) in [6, 6.07) is 2.99. The number of rotatable bonds is 4. The number of nitrogens with zero attached hydrogens (tertiary/aromatic N) is 2. The average molecular weight is 250 g/mol. The van der Waals surface area contributed by atoms with Gasteiger partial charge in [0.05, 0.1) is 16.6 Å². The van der Waals surface area contributed by atoms with E-state index in [1.165, 1.54) is 12.3 Å². The Morgan fingerprint density at radius 2 is 2.28 bits per heavy atom. The van der Waals surface area contributed by atoms with Gasteiger partial charge < -0.3 is 10.5 Å². The van der Waals surface area contributed by atoms with E-state index in [2.05, 4.69) is 10.2 Å². The summed E-state index contributed by atoms with van der Waals surface area (Å²) in [5, 5.41) is 18.2. The van der Waals surface area contributed by atoms with Crippen molar-refractivity contribution in [2.75, 3.05) is 6.61 Å². The second-order valence-electron chi connectivity index (χ2n) is 4.81. The van der Waals surface area contributed by atoms with Gasteiger partial charge in [0.25, 0.3) is 0 Å². The molecule has 2 aromatic rings. The molecule has 0 aliphatic heterocycles. The Hall–Kier alpha value is -2.15. The predicted octanol–water partition coefficient (Wildman–Crippen LogP) is 1.59. The molecule has 0 unspecified atom stereocenters. The molecule has 2 rings (SSSR count). The Bertz CT molecular complexity index is 585. The number of nitrogens with two attached hydrogens (primary N) is 1. The predicted molar refractivity (Wildman–Crippen MR) is 66.5 cm³/mol. The zero-order valence-corrected chi connectivity index (χ0v) is 10.1. The monoisotopic (exact) mass is 250 g/mol. The highest BCUT2D eigenvalue weighted by atomic mass is 16.6. The molecule has 0 aliphatic carbocycles. The summed E-state index contributed by atoms with van der Waals surface area (Å²) in [5.41, 5.74) is 5.82. The zero-order valence-electron chi connectivity index (χ0n) is 10.1. The SMILES string of the molecule is CC(C)(N)COc1cc2[nH]ncc2cc1[N+](=O)[O-]. The molecule has 7 heteroatoms. The molecule has 1 aromatic heterocycles. The van der Waals surface area contributed by atoms with E-state index in [9.17, 15) is 10.1 Å². The first-order valence-electron chi connectivity index (χ1n) is 5.40. The van der Waals surface area contributed by atoms with Gasteiger partial charge in [0, 0.05) is 23.1 Å². The third-order valence-corrected chi connectivity index (χ3v) is 2.32. The van der Waals surface area contributed by atoms with Crippen LogP contribution in [0.25, 0.3) is 10.9 Å². The van der Waals surface area contributed by atoms with Gasteiger partial charge in [0.15, 0.2) is 5.75 Å². The normalized spacial score (nSPS) is 11.7. The maximum atomic E-state index is 11.0. The van der Waals surface area contributed by atoms with E-state index in [1.54, 1.807) is 19.9 Å². The van der Waals surface area contributed by atoms with Crippen LogP contribution in [0.15, 0.2) is 18.3 Å². The minimum atomic E-state index is -0.559. The van der Waals surface area contributed by atoms with E-state index in [4.69, 9.17) is 10.5 Å². The Balaban J connectivity index is 2.39. The molecular formula is C11H14N4O3. The minimum absolute atomic E-state index is 0.0897. The lowest BCUT2D eigenvalue weighted by atomic mass is 10.1. The fourth-order valence-corrected chi connectivity index (χ4v) is 1.48. The number of ether oxygens (including phenoxy) is 1. The van der Waals surface area contributed by atoms with Crippen LogP contribution in [-0.4, -0.2) is 27.3 Å². The van der Waals surface area contributed by atoms with Crippen molar-refractivity contribution in [3.8, 4) is 5.75 Å². The summed E-state index contributed by atoms with van der Waals surface area (Å²) >= 11 is 0. The van der Waals surface area contributed by atoms with E-state index >= 15 is 0 Å². The fourth-order valence-electron chi connectivity index (χ4n) is 1.48. The van der Waals surface area contributed by atoms with E-state index in [1.807, 2.05) is 0 Å². The maximum absolute atomic E-state index is 11.0. The number of nitrogens with one attached hydrogen (secondary N) is 1. The lowest BCUT2D eigenvalue weighted by molar-refractivity contribution is -0.385. The number of fused-ring (bicyclic) bond motifs is 1. The van der Waals surface area contributed by atoms with Crippen LogP contribution in [0.4, 0.5) is 5.69 Å². The minimum Gasteiger partial charge on any atom is -0.485 e. The maximum Gasteiger partial charge on any atom is 0.311 e. The van der Waals surface area contributed by atoms with Crippen molar-refractivity contribution in [3.63, 3.8) is 0 Å². The van der Waals surface area contributed by atoms with Crippen molar-refractivity contribution < 1.29 is 9.66 Å². The molecule has 0 saturated heterocycles. The standard InChI is InChI=1S/C11H14N4O3/c1-11(2,12)6-18-10-4-8-7(5-13-14-8)3-9(10)15(16)17/h3-5H,6,12H2,1-2H3,(H,13,14). The fraction of sp³-hybridized carbons (Fsp3) is 0.364. The summed E-state index contributed by atoms with van der Waals surface area (Å²) in [6.07, 6.45) is 1.53. The number of hydrogen-bond acceptors (Lipinski definition) is 5. The van der Waals surface area contributed by atoms with Gasteiger partial charge in [0.1, 0.15) is 6.61 Å². The summed E-state index contributed by atoms with van der Waals surface area (Å²) in [7, 11) is 0. The largest absolute Gasteiger partial charge is 0.485 e. The highest BCUT2D eigenvalue weighted by Crippen LogP contribution is 2.31. The number of aromatic nitrogens is 2. The molecule has 0 fully saturated rings. The van der Waals surface area contributed by atoms with Crippen LogP contribution >= 0.6 is 0 Å². The lowest BCUT2D eigenvalue weighted by Crippen LogP contribution is -2.38. The third-order valence-electron chi connectivity index (χ3n) is 2.32. The molecule has 0 amide bonds. The highest BCUT2D eigenvalue weighted by molar-refractivity contribution is 5.83. The first kappa shape index (κ1) is 12.3. The zero-order chi connectivity index (χ0) is 13.3. The molecule has 1 heterocycles. The van der Waals surface area contributed by atoms with Crippen LogP contribution < -0.4 is 10.5 Å². The van der Waals surface area contributed by atoms with Crippen molar-refractivity contribution >= 4 is 16.6 Å². The first-order chi connectivity index (χ1) is 8.37. The highest BCUT2D eigenvalue weighted by Gasteiger charge is 2.20. The Labute approximate surface area is 103 Å². The lowest BCUT2D eigenvalue weighted by Gasteiger charge is -2.18. The van der Waals surface area contributed by atoms with Crippen molar-refractivity contribution in [2.45, 2.75) is 19.4 Å². The van der Waals surface area contributed by atoms with Crippen LogP contribution in [0.3, 0.4) is 0 Å². The molecule has 0 atom stereocenters. The molecule has 0 aliphatic rings. The third kappa shape index (κ3) is 2.57. The first-order valence-corrected chi connectivity index (χ1v) is 5.40. The summed E-state index contributed by atoms with van der Waals surface area (Å²) in [6.45, 7) is 3.76. The van der Waals surface area contributed by atoms with Gasteiger partial charge >= 0.3 is 5.69 Å². The van der Waals surface area contributed by atoms with Gasteiger partial charge in [-0.3, -0.25) is 15.2 Å². The Kier molecular flexibility index (Phi) is 2.92. The van der Waals surface area contributed by atoms with Gasteiger partial charge in [0.2, 0.25) is 0 Å². The Morgan fingerprint density at radius 3 is 2.89 bits per heavy atom. The number of H-pyrrole nitrogens is 1. The van der Waals surface area contributed by atoms with Crippen LogP contribution in [0.2, 0.25) is 0 Å². The average Bonchev–Trinajstić information content (AvgIpc) is 2.70. The van der Waals surface area contributed by atoms with Gasteiger partial charge in [-0.1, -0.05) is 0 Å². The Morgan fingerprint density at radius 1 is 1.56 bits per heavy atom. The van der Waals surface area contributed by atoms with Crippen LogP contribution in [0, 0.1) is 10.1 Å². The van der Waals surface area contributed by atoms with Gasteiger partial charge in [-0.25, -0.2) is 0 Å². The molecule has 1 aromatic carbocycles. The summed E-state index contributed by atoms with van der Waals surface area (Å²) < 4.78 is 5.43. The van der Waals surface area contributed by atoms with E-state index in [-0.39, 0.29) is 18.0 Å². The topological polar surface area (TPSA) is 107 Å².